The van der Waals surface area contributed by atoms with Crippen LogP contribution in [-0.2, 0) is 4.74 Å². The largest absolute Gasteiger partial charge is 0.383 e. The fraction of sp³-hybridized carbons (Fsp3) is 0.294. The second-order valence-corrected chi connectivity index (χ2v) is 6.15. The minimum atomic E-state index is 0.647. The van der Waals surface area contributed by atoms with E-state index >= 15 is 0 Å². The first-order valence-corrected chi connectivity index (χ1v) is 8.11. The van der Waals surface area contributed by atoms with Crippen LogP contribution < -0.4 is 5.32 Å². The molecular weight excluding hydrogens is 294 g/mol. The summed E-state index contributed by atoms with van der Waals surface area (Å²) < 4.78 is 5.10. The van der Waals surface area contributed by atoms with Gasteiger partial charge in [0.05, 0.1) is 12.0 Å². The molecule has 0 aliphatic rings. The van der Waals surface area contributed by atoms with Crippen LogP contribution in [0.2, 0.25) is 0 Å². The maximum absolute atomic E-state index is 5.10. The average Bonchev–Trinajstić information content (AvgIpc) is 2.92. The number of nitrogens with zero attached hydrogens (tertiary/aromatic N) is 2. The van der Waals surface area contributed by atoms with Crippen molar-refractivity contribution in [3.8, 4) is 11.1 Å². The van der Waals surface area contributed by atoms with Gasteiger partial charge in [-0.15, -0.1) is 11.3 Å². The van der Waals surface area contributed by atoms with Crippen LogP contribution in [-0.4, -0.2) is 30.2 Å². The maximum atomic E-state index is 5.10. The van der Waals surface area contributed by atoms with Gasteiger partial charge in [0.15, 0.2) is 0 Å². The molecule has 114 valence electrons. The van der Waals surface area contributed by atoms with Crippen molar-refractivity contribution in [1.29, 1.82) is 0 Å². The summed E-state index contributed by atoms with van der Waals surface area (Å²) in [5.74, 6) is 0.873. The Bertz CT molecular complexity index is 798. The second kappa shape index (κ2) is 6.42. The summed E-state index contributed by atoms with van der Waals surface area (Å²) in [5.41, 5.74) is 4.97. The number of hydrogen-bond donors (Lipinski definition) is 1. The highest BCUT2D eigenvalue weighted by Gasteiger charge is 2.14. The summed E-state index contributed by atoms with van der Waals surface area (Å²) in [6.45, 7) is 5.64. The standard InChI is InChI=1S/C17H19N3OS/c1-11-4-5-13(12(2)8-11)14-9-22-17-15(14)16(19-10-20-17)18-6-7-21-3/h4-5,8-10H,6-7H2,1-3H3,(H,18,19,20). The van der Waals surface area contributed by atoms with Crippen LogP contribution in [0.25, 0.3) is 21.3 Å². The van der Waals surface area contributed by atoms with Crippen LogP contribution >= 0.6 is 11.3 Å². The Morgan fingerprint density at radius 2 is 2.05 bits per heavy atom. The van der Waals surface area contributed by atoms with Gasteiger partial charge in [-0.05, 0) is 25.0 Å². The first kappa shape index (κ1) is 14.9. The first-order valence-electron chi connectivity index (χ1n) is 7.23. The van der Waals surface area contributed by atoms with Crippen molar-refractivity contribution in [2.75, 3.05) is 25.6 Å². The molecular formula is C17H19N3OS. The fourth-order valence-electron chi connectivity index (χ4n) is 2.59. The maximum Gasteiger partial charge on any atom is 0.138 e. The number of aryl methyl sites for hydroxylation is 2. The van der Waals surface area contributed by atoms with Crippen LogP contribution in [0.5, 0.6) is 0 Å². The molecule has 0 unspecified atom stereocenters. The topological polar surface area (TPSA) is 47.0 Å². The molecule has 1 aromatic carbocycles. The lowest BCUT2D eigenvalue weighted by atomic mass is 9.99. The molecule has 3 aromatic rings. The minimum Gasteiger partial charge on any atom is -0.383 e. The van der Waals surface area contributed by atoms with E-state index in [1.54, 1.807) is 24.8 Å². The van der Waals surface area contributed by atoms with Gasteiger partial charge in [-0.3, -0.25) is 0 Å². The Kier molecular flexibility index (Phi) is 4.36. The summed E-state index contributed by atoms with van der Waals surface area (Å²) in [7, 11) is 1.70. The zero-order valence-electron chi connectivity index (χ0n) is 13.0. The number of hydrogen-bond acceptors (Lipinski definition) is 5. The summed E-state index contributed by atoms with van der Waals surface area (Å²) in [5, 5.41) is 6.60. The van der Waals surface area contributed by atoms with Gasteiger partial charge in [-0.2, -0.15) is 0 Å². The molecule has 2 heterocycles. The number of methoxy groups -OCH3 is 1. The van der Waals surface area contributed by atoms with Crippen LogP contribution in [0.4, 0.5) is 5.82 Å². The summed E-state index contributed by atoms with van der Waals surface area (Å²) in [6.07, 6.45) is 1.61. The van der Waals surface area contributed by atoms with Crippen LogP contribution in [0, 0.1) is 13.8 Å². The van der Waals surface area contributed by atoms with E-state index in [-0.39, 0.29) is 0 Å². The normalized spacial score (nSPS) is 11.0. The van der Waals surface area contributed by atoms with Gasteiger partial charge in [0.1, 0.15) is 17.0 Å². The van der Waals surface area contributed by atoms with E-state index in [0.717, 1.165) is 22.6 Å². The molecule has 22 heavy (non-hydrogen) atoms. The number of rotatable bonds is 5. The van der Waals surface area contributed by atoms with Gasteiger partial charge in [-0.25, -0.2) is 9.97 Å². The molecule has 0 saturated carbocycles. The van der Waals surface area contributed by atoms with Crippen molar-refractivity contribution in [3.05, 3.63) is 41.0 Å². The molecule has 0 aliphatic heterocycles. The summed E-state index contributed by atoms with van der Waals surface area (Å²) in [6, 6.07) is 6.53. The second-order valence-electron chi connectivity index (χ2n) is 5.29. The van der Waals surface area contributed by atoms with Gasteiger partial charge in [0.2, 0.25) is 0 Å². The minimum absolute atomic E-state index is 0.647. The molecule has 0 amide bonds. The molecule has 4 nitrogen and oxygen atoms in total. The number of fused-ring (bicyclic) bond motifs is 1. The highest BCUT2D eigenvalue weighted by molar-refractivity contribution is 7.17. The van der Waals surface area contributed by atoms with E-state index in [1.807, 2.05) is 0 Å². The molecule has 0 atom stereocenters. The smallest absolute Gasteiger partial charge is 0.138 e. The van der Waals surface area contributed by atoms with Gasteiger partial charge >= 0.3 is 0 Å². The lowest BCUT2D eigenvalue weighted by Gasteiger charge is -2.10. The van der Waals surface area contributed by atoms with Crippen LogP contribution in [0.3, 0.4) is 0 Å². The molecule has 0 saturated heterocycles. The number of thiophene rings is 1. The van der Waals surface area contributed by atoms with E-state index in [2.05, 4.69) is 52.7 Å². The average molecular weight is 313 g/mol. The van der Waals surface area contributed by atoms with E-state index in [4.69, 9.17) is 4.74 Å². The number of benzene rings is 1. The van der Waals surface area contributed by atoms with E-state index in [9.17, 15) is 0 Å². The zero-order valence-corrected chi connectivity index (χ0v) is 13.8. The highest BCUT2D eigenvalue weighted by atomic mass is 32.1. The fourth-order valence-corrected chi connectivity index (χ4v) is 3.50. The van der Waals surface area contributed by atoms with E-state index in [1.165, 1.54) is 22.3 Å². The third kappa shape index (κ3) is 2.82. The lowest BCUT2D eigenvalue weighted by Crippen LogP contribution is -2.09. The molecule has 3 rings (SSSR count). The van der Waals surface area contributed by atoms with Crippen molar-refractivity contribution in [3.63, 3.8) is 0 Å². The first-order chi connectivity index (χ1) is 10.7. The van der Waals surface area contributed by atoms with Gasteiger partial charge in [-0.1, -0.05) is 23.8 Å². The summed E-state index contributed by atoms with van der Waals surface area (Å²) in [4.78, 5) is 9.82. The zero-order chi connectivity index (χ0) is 15.5. The highest BCUT2D eigenvalue weighted by Crippen LogP contribution is 2.37. The third-order valence-corrected chi connectivity index (χ3v) is 4.53. The van der Waals surface area contributed by atoms with Crippen LogP contribution in [0.15, 0.2) is 29.9 Å². The van der Waals surface area contributed by atoms with E-state index < -0.39 is 0 Å². The number of ether oxygens (including phenoxy) is 1. The predicted octanol–water partition coefficient (Wildman–Crippen LogP) is 4.03. The summed E-state index contributed by atoms with van der Waals surface area (Å²) >= 11 is 1.65. The molecule has 2 aromatic heterocycles. The number of anilines is 1. The lowest BCUT2D eigenvalue weighted by molar-refractivity contribution is 0.210. The molecule has 0 aliphatic carbocycles. The molecule has 0 spiro atoms. The van der Waals surface area contributed by atoms with Crippen molar-refractivity contribution >= 4 is 27.4 Å². The van der Waals surface area contributed by atoms with Crippen LogP contribution in [0.1, 0.15) is 11.1 Å². The Morgan fingerprint density at radius 3 is 2.82 bits per heavy atom. The number of aromatic nitrogens is 2. The monoisotopic (exact) mass is 313 g/mol. The molecule has 0 fully saturated rings. The van der Waals surface area contributed by atoms with Crippen molar-refractivity contribution < 1.29 is 4.74 Å². The van der Waals surface area contributed by atoms with Crippen molar-refractivity contribution in [1.82, 2.24) is 9.97 Å². The van der Waals surface area contributed by atoms with Crippen molar-refractivity contribution in [2.24, 2.45) is 0 Å². The Balaban J connectivity index is 2.10. The molecule has 0 radical (unpaired) electrons. The van der Waals surface area contributed by atoms with Gasteiger partial charge < -0.3 is 10.1 Å². The van der Waals surface area contributed by atoms with Gasteiger partial charge in [0.25, 0.3) is 0 Å². The van der Waals surface area contributed by atoms with Gasteiger partial charge in [0, 0.05) is 24.6 Å². The number of nitrogens with one attached hydrogen (secondary N) is 1. The predicted molar refractivity (Wildman–Crippen MR) is 92.7 cm³/mol. The SMILES string of the molecule is COCCNc1ncnc2scc(-c3ccc(C)cc3C)c12. The Morgan fingerprint density at radius 1 is 1.18 bits per heavy atom. The third-order valence-electron chi connectivity index (χ3n) is 3.64. The molecule has 5 heteroatoms. The Hall–Kier alpha value is -1.98. The van der Waals surface area contributed by atoms with E-state index in [0.29, 0.717) is 6.61 Å². The quantitative estimate of drug-likeness (QED) is 0.722. The van der Waals surface area contributed by atoms with Crippen molar-refractivity contribution in [2.45, 2.75) is 13.8 Å². The Labute approximate surface area is 134 Å². The molecule has 1 N–H and O–H groups in total. The molecule has 0 bridgehead atoms.